The molecule has 0 saturated carbocycles. The van der Waals surface area contributed by atoms with Crippen molar-refractivity contribution in [1.29, 1.82) is 0 Å². The molecule has 2 nitrogen and oxygen atoms in total. The maximum Gasteiger partial charge on any atom is 0.119 e. The van der Waals surface area contributed by atoms with Crippen molar-refractivity contribution in [1.82, 2.24) is 0 Å². The molecule has 1 aliphatic rings. The molecule has 1 heterocycles. The molecular formula is C14H17NO. The molecule has 1 aromatic carbocycles. The zero-order valence-corrected chi connectivity index (χ0v) is 9.84. The smallest absolute Gasteiger partial charge is 0.119 e. The number of hydrogen-bond donors (Lipinski definition) is 1. The molecule has 0 fully saturated rings. The summed E-state index contributed by atoms with van der Waals surface area (Å²) in [5.41, 5.74) is 2.62. The van der Waals surface area contributed by atoms with Gasteiger partial charge in [-0.1, -0.05) is 0 Å². The number of methoxy groups -OCH3 is 1. The van der Waals surface area contributed by atoms with Crippen LogP contribution in [0.3, 0.4) is 0 Å². The summed E-state index contributed by atoms with van der Waals surface area (Å²) in [6, 6.07) is 6.24. The van der Waals surface area contributed by atoms with Gasteiger partial charge in [-0.2, -0.15) is 0 Å². The lowest BCUT2D eigenvalue weighted by molar-refractivity contribution is 0.414. The fourth-order valence-corrected chi connectivity index (χ4v) is 2.14. The normalized spacial score (nSPS) is 17.0. The minimum absolute atomic E-state index is 0.575. The minimum atomic E-state index is 0.575. The number of rotatable bonds is 3. The Morgan fingerprint density at radius 1 is 1.50 bits per heavy atom. The van der Waals surface area contributed by atoms with Crippen LogP contribution in [-0.2, 0) is 0 Å². The monoisotopic (exact) mass is 215 g/mol. The van der Waals surface area contributed by atoms with Gasteiger partial charge in [-0.15, -0.1) is 11.8 Å². The first kappa shape index (κ1) is 10.9. The van der Waals surface area contributed by atoms with Crippen LogP contribution in [0.15, 0.2) is 18.2 Å². The largest absolute Gasteiger partial charge is 0.497 e. The van der Waals surface area contributed by atoms with Gasteiger partial charge in [-0.05, 0) is 37.1 Å². The molecular weight excluding hydrogens is 198 g/mol. The summed E-state index contributed by atoms with van der Waals surface area (Å²) in [5.74, 6) is 7.58. The lowest BCUT2D eigenvalue weighted by Gasteiger charge is -2.09. The summed E-state index contributed by atoms with van der Waals surface area (Å²) >= 11 is 0. The van der Waals surface area contributed by atoms with Gasteiger partial charge in [-0.3, -0.25) is 0 Å². The molecule has 1 aliphatic heterocycles. The summed E-state index contributed by atoms with van der Waals surface area (Å²) < 4.78 is 5.26. The summed E-state index contributed by atoms with van der Waals surface area (Å²) in [6.07, 6.45) is 2.09. The van der Waals surface area contributed by atoms with Gasteiger partial charge in [0.1, 0.15) is 5.75 Å². The molecule has 1 unspecified atom stereocenters. The van der Waals surface area contributed by atoms with Crippen molar-refractivity contribution in [3.8, 4) is 17.6 Å². The first-order valence-corrected chi connectivity index (χ1v) is 5.66. The molecule has 0 radical (unpaired) electrons. The van der Waals surface area contributed by atoms with Crippen LogP contribution in [0.4, 0.5) is 5.69 Å². The molecule has 84 valence electrons. The van der Waals surface area contributed by atoms with E-state index in [2.05, 4.69) is 29.3 Å². The molecule has 0 aliphatic carbocycles. The molecule has 0 aromatic heterocycles. The van der Waals surface area contributed by atoms with Gasteiger partial charge in [0.15, 0.2) is 0 Å². The van der Waals surface area contributed by atoms with E-state index in [-0.39, 0.29) is 0 Å². The Morgan fingerprint density at radius 3 is 3.12 bits per heavy atom. The molecule has 2 rings (SSSR count). The van der Waals surface area contributed by atoms with Crippen LogP contribution in [0.5, 0.6) is 5.75 Å². The molecule has 1 N–H and O–H groups in total. The van der Waals surface area contributed by atoms with Crippen molar-refractivity contribution in [2.45, 2.75) is 25.7 Å². The Labute approximate surface area is 97.0 Å². The van der Waals surface area contributed by atoms with E-state index in [0.717, 1.165) is 25.1 Å². The van der Waals surface area contributed by atoms with Gasteiger partial charge >= 0.3 is 0 Å². The maximum atomic E-state index is 5.26. The van der Waals surface area contributed by atoms with Crippen LogP contribution in [-0.4, -0.2) is 13.7 Å². The Bertz CT molecular complexity index is 428. The van der Waals surface area contributed by atoms with Crippen LogP contribution >= 0.6 is 0 Å². The highest BCUT2D eigenvalue weighted by atomic mass is 16.5. The fraction of sp³-hybridized carbons (Fsp3) is 0.429. The lowest BCUT2D eigenvalue weighted by atomic mass is 9.96. The van der Waals surface area contributed by atoms with E-state index in [1.807, 2.05) is 13.0 Å². The van der Waals surface area contributed by atoms with Crippen LogP contribution < -0.4 is 10.1 Å². The molecule has 0 bridgehead atoms. The second-order valence-corrected chi connectivity index (χ2v) is 4.00. The Morgan fingerprint density at radius 2 is 2.38 bits per heavy atom. The second-order valence-electron chi connectivity index (χ2n) is 4.00. The van der Waals surface area contributed by atoms with E-state index in [9.17, 15) is 0 Å². The number of anilines is 1. The third kappa shape index (κ3) is 2.14. The minimum Gasteiger partial charge on any atom is -0.497 e. The van der Waals surface area contributed by atoms with E-state index in [1.165, 1.54) is 11.3 Å². The third-order valence-electron chi connectivity index (χ3n) is 3.03. The van der Waals surface area contributed by atoms with Gasteiger partial charge in [0, 0.05) is 24.6 Å². The van der Waals surface area contributed by atoms with Gasteiger partial charge in [0.2, 0.25) is 0 Å². The third-order valence-corrected chi connectivity index (χ3v) is 3.03. The van der Waals surface area contributed by atoms with E-state index in [4.69, 9.17) is 4.74 Å². The number of hydrogen-bond acceptors (Lipinski definition) is 2. The molecule has 0 saturated heterocycles. The standard InChI is InChI=1S/C14H17NO/c1-3-4-5-6-11-10-15-14-8-7-12(16-2)9-13(11)14/h7-9,11,15H,5-6,10H2,1-2H3. The summed E-state index contributed by atoms with van der Waals surface area (Å²) in [7, 11) is 1.71. The Kier molecular flexibility index (Phi) is 3.36. The van der Waals surface area contributed by atoms with Gasteiger partial charge in [0.25, 0.3) is 0 Å². The molecule has 1 atom stereocenters. The predicted octanol–water partition coefficient (Wildman–Crippen LogP) is 3.01. The van der Waals surface area contributed by atoms with Crippen LogP contribution in [0.25, 0.3) is 0 Å². The summed E-state index contributed by atoms with van der Waals surface area (Å²) in [4.78, 5) is 0. The first-order chi connectivity index (χ1) is 7.85. The SMILES string of the molecule is CC#CCCC1CNc2ccc(OC)cc21. The number of benzene rings is 1. The lowest BCUT2D eigenvalue weighted by Crippen LogP contribution is -2.01. The predicted molar refractivity (Wildman–Crippen MR) is 66.9 cm³/mol. The molecule has 16 heavy (non-hydrogen) atoms. The van der Waals surface area contributed by atoms with E-state index >= 15 is 0 Å². The molecule has 0 amide bonds. The first-order valence-electron chi connectivity index (χ1n) is 5.66. The average molecular weight is 215 g/mol. The molecule has 0 spiro atoms. The topological polar surface area (TPSA) is 21.3 Å². The van der Waals surface area contributed by atoms with Crippen molar-refractivity contribution in [3.63, 3.8) is 0 Å². The highest BCUT2D eigenvalue weighted by Gasteiger charge is 2.21. The quantitative estimate of drug-likeness (QED) is 0.783. The van der Waals surface area contributed by atoms with Gasteiger partial charge in [-0.25, -0.2) is 0 Å². The zero-order valence-electron chi connectivity index (χ0n) is 9.84. The zero-order chi connectivity index (χ0) is 11.4. The van der Waals surface area contributed by atoms with E-state index in [0.29, 0.717) is 5.92 Å². The fourth-order valence-electron chi connectivity index (χ4n) is 2.14. The number of fused-ring (bicyclic) bond motifs is 1. The maximum absolute atomic E-state index is 5.26. The van der Waals surface area contributed by atoms with E-state index in [1.54, 1.807) is 7.11 Å². The van der Waals surface area contributed by atoms with Crippen LogP contribution in [0.1, 0.15) is 31.2 Å². The highest BCUT2D eigenvalue weighted by Crippen LogP contribution is 2.36. The van der Waals surface area contributed by atoms with E-state index < -0.39 is 0 Å². The number of ether oxygens (including phenoxy) is 1. The second kappa shape index (κ2) is 4.94. The van der Waals surface area contributed by atoms with Gasteiger partial charge in [0.05, 0.1) is 7.11 Å². The number of nitrogens with one attached hydrogen (secondary N) is 1. The van der Waals surface area contributed by atoms with Crippen molar-refractivity contribution in [2.24, 2.45) is 0 Å². The van der Waals surface area contributed by atoms with Crippen molar-refractivity contribution >= 4 is 5.69 Å². The molecule has 1 aromatic rings. The average Bonchev–Trinajstić information content (AvgIpc) is 2.72. The Hall–Kier alpha value is -1.62. The van der Waals surface area contributed by atoms with Crippen molar-refractivity contribution < 1.29 is 4.74 Å². The van der Waals surface area contributed by atoms with Crippen LogP contribution in [0.2, 0.25) is 0 Å². The summed E-state index contributed by atoms with van der Waals surface area (Å²) in [5, 5.41) is 3.42. The van der Waals surface area contributed by atoms with Gasteiger partial charge < -0.3 is 10.1 Å². The van der Waals surface area contributed by atoms with Crippen molar-refractivity contribution in [3.05, 3.63) is 23.8 Å². The molecule has 2 heteroatoms. The van der Waals surface area contributed by atoms with Crippen molar-refractivity contribution in [2.75, 3.05) is 19.0 Å². The van der Waals surface area contributed by atoms with Crippen LogP contribution in [0, 0.1) is 11.8 Å². The summed E-state index contributed by atoms with van der Waals surface area (Å²) in [6.45, 7) is 2.91. The highest BCUT2D eigenvalue weighted by molar-refractivity contribution is 5.60. The Balaban J connectivity index is 2.13.